The normalized spacial score (nSPS) is 16.5. The molecule has 0 aliphatic heterocycles. The van der Waals surface area contributed by atoms with E-state index < -0.39 is 0 Å². The molecule has 122 valence electrons. The van der Waals surface area contributed by atoms with Crippen molar-refractivity contribution in [2.24, 2.45) is 10.9 Å². The molecule has 2 atom stereocenters. The maximum absolute atomic E-state index is 4.62. The number of aliphatic imine (C=N–C) groups is 1. The summed E-state index contributed by atoms with van der Waals surface area (Å²) in [7, 11) is 2.03. The highest BCUT2D eigenvalue weighted by Crippen LogP contribution is 2.11. The number of nitrogens with one attached hydrogen (secondary N) is 1. The second-order valence-electron chi connectivity index (χ2n) is 5.99. The lowest BCUT2D eigenvalue weighted by Gasteiger charge is -2.11. The largest absolute Gasteiger partial charge is 0.313 e. The highest BCUT2D eigenvalue weighted by molar-refractivity contribution is 5.79. The van der Waals surface area contributed by atoms with Crippen LogP contribution in [0, 0.1) is 5.92 Å². The second kappa shape index (κ2) is 12.8. The summed E-state index contributed by atoms with van der Waals surface area (Å²) in [5.41, 5.74) is 2.45. The van der Waals surface area contributed by atoms with Gasteiger partial charge in [-0.3, -0.25) is 4.99 Å². The molecule has 2 unspecified atom stereocenters. The topological polar surface area (TPSA) is 24.4 Å². The molecule has 1 N–H and O–H groups in total. The van der Waals surface area contributed by atoms with Crippen LogP contribution in [0.15, 0.2) is 28.4 Å². The van der Waals surface area contributed by atoms with Crippen molar-refractivity contribution in [2.45, 2.75) is 79.2 Å². The van der Waals surface area contributed by atoms with Crippen molar-refractivity contribution < 1.29 is 0 Å². The Hall–Kier alpha value is -0.890. The molecular formula is C19H36N2. The minimum absolute atomic E-state index is 0.441. The van der Waals surface area contributed by atoms with E-state index in [1.54, 1.807) is 0 Å². The second-order valence-corrected chi connectivity index (χ2v) is 5.99. The summed E-state index contributed by atoms with van der Waals surface area (Å²) in [5, 5.41) is 3.35. The zero-order chi connectivity index (χ0) is 16.1. The number of allylic oxidation sites excluding steroid dienone is 3. The van der Waals surface area contributed by atoms with E-state index in [4.69, 9.17) is 0 Å². The number of hydrogen-bond donors (Lipinski definition) is 1. The maximum atomic E-state index is 4.62. The fourth-order valence-corrected chi connectivity index (χ4v) is 2.06. The van der Waals surface area contributed by atoms with E-state index in [1.165, 1.54) is 31.3 Å². The van der Waals surface area contributed by atoms with Crippen LogP contribution in [-0.4, -0.2) is 19.3 Å². The lowest BCUT2D eigenvalue weighted by atomic mass is 10.0. The standard InChI is InChI=1S/C19H36N2/c1-7-10-11-19(20-6)14-17(5)21-15-18(9-3)13-12-16(4)8-2/h13-16,19-20H,7-12H2,1-6H3/b17-14?,18-13-,21-15?. The molecular weight excluding hydrogens is 256 g/mol. The summed E-state index contributed by atoms with van der Waals surface area (Å²) in [6.45, 7) is 11.1. The van der Waals surface area contributed by atoms with Gasteiger partial charge in [0, 0.05) is 18.0 Å². The van der Waals surface area contributed by atoms with Crippen molar-refractivity contribution in [3.8, 4) is 0 Å². The van der Waals surface area contributed by atoms with E-state index in [0.717, 1.165) is 24.5 Å². The Morgan fingerprint density at radius 3 is 2.48 bits per heavy atom. The van der Waals surface area contributed by atoms with Gasteiger partial charge < -0.3 is 5.32 Å². The predicted molar refractivity (Wildman–Crippen MR) is 97.1 cm³/mol. The van der Waals surface area contributed by atoms with Crippen molar-refractivity contribution in [1.82, 2.24) is 5.32 Å². The fraction of sp³-hybridized carbons (Fsp3) is 0.737. The SMILES string of the molecule is CCCCC(C=C(C)N=C/C(=C\CC(C)CC)CC)NC. The third-order valence-electron chi connectivity index (χ3n) is 4.00. The molecule has 0 aliphatic carbocycles. The van der Waals surface area contributed by atoms with E-state index in [0.29, 0.717) is 6.04 Å². The molecule has 0 aromatic heterocycles. The van der Waals surface area contributed by atoms with Gasteiger partial charge in [-0.1, -0.05) is 53.0 Å². The summed E-state index contributed by atoms with van der Waals surface area (Å²) in [6.07, 6.45) is 13.8. The van der Waals surface area contributed by atoms with Crippen LogP contribution in [0.3, 0.4) is 0 Å². The van der Waals surface area contributed by atoms with Crippen LogP contribution in [0.5, 0.6) is 0 Å². The molecule has 0 heterocycles. The third kappa shape index (κ3) is 10.5. The first-order valence-electron chi connectivity index (χ1n) is 8.66. The van der Waals surface area contributed by atoms with Gasteiger partial charge in [-0.05, 0) is 50.8 Å². The van der Waals surface area contributed by atoms with Crippen molar-refractivity contribution in [3.05, 3.63) is 23.4 Å². The van der Waals surface area contributed by atoms with Gasteiger partial charge in [-0.15, -0.1) is 0 Å². The predicted octanol–water partition coefficient (Wildman–Crippen LogP) is 5.51. The molecule has 21 heavy (non-hydrogen) atoms. The molecule has 0 bridgehead atoms. The molecule has 0 aromatic rings. The van der Waals surface area contributed by atoms with Gasteiger partial charge in [0.25, 0.3) is 0 Å². The first-order chi connectivity index (χ1) is 10.1. The summed E-state index contributed by atoms with van der Waals surface area (Å²) in [6, 6.07) is 0.441. The number of unbranched alkanes of at least 4 members (excludes halogenated alkanes) is 1. The van der Waals surface area contributed by atoms with E-state index in [2.05, 4.69) is 57.1 Å². The number of nitrogens with zero attached hydrogens (tertiary/aromatic N) is 1. The molecule has 2 nitrogen and oxygen atoms in total. The Kier molecular flexibility index (Phi) is 12.3. The van der Waals surface area contributed by atoms with Crippen molar-refractivity contribution >= 4 is 6.21 Å². The molecule has 0 rings (SSSR count). The number of rotatable bonds is 11. The Labute approximate surface area is 132 Å². The van der Waals surface area contributed by atoms with Gasteiger partial charge in [0.2, 0.25) is 0 Å². The molecule has 0 amide bonds. The van der Waals surface area contributed by atoms with Crippen molar-refractivity contribution in [1.29, 1.82) is 0 Å². The average Bonchev–Trinajstić information content (AvgIpc) is 2.50. The van der Waals surface area contributed by atoms with E-state index in [-0.39, 0.29) is 0 Å². The fourth-order valence-electron chi connectivity index (χ4n) is 2.06. The highest BCUT2D eigenvalue weighted by atomic mass is 14.9. The minimum atomic E-state index is 0.441. The molecule has 0 fully saturated rings. The summed E-state index contributed by atoms with van der Waals surface area (Å²) in [4.78, 5) is 4.62. The quantitative estimate of drug-likeness (QED) is 0.499. The molecule has 0 saturated heterocycles. The zero-order valence-electron chi connectivity index (χ0n) is 15.1. The van der Waals surface area contributed by atoms with Crippen molar-refractivity contribution in [3.63, 3.8) is 0 Å². The van der Waals surface area contributed by atoms with Gasteiger partial charge in [-0.2, -0.15) is 0 Å². The molecule has 0 aliphatic rings. The summed E-state index contributed by atoms with van der Waals surface area (Å²) in [5.74, 6) is 0.763. The first kappa shape index (κ1) is 20.1. The smallest absolute Gasteiger partial charge is 0.0348 e. The van der Waals surface area contributed by atoms with E-state index in [9.17, 15) is 0 Å². The Morgan fingerprint density at radius 1 is 1.24 bits per heavy atom. The summed E-state index contributed by atoms with van der Waals surface area (Å²) < 4.78 is 0. The van der Waals surface area contributed by atoms with Crippen LogP contribution in [0.25, 0.3) is 0 Å². The minimum Gasteiger partial charge on any atom is -0.313 e. The Morgan fingerprint density at radius 2 is 1.95 bits per heavy atom. The monoisotopic (exact) mass is 292 g/mol. The van der Waals surface area contributed by atoms with Gasteiger partial charge in [-0.25, -0.2) is 0 Å². The molecule has 0 saturated carbocycles. The molecule has 0 spiro atoms. The molecule has 0 aromatic carbocycles. The van der Waals surface area contributed by atoms with Crippen molar-refractivity contribution in [2.75, 3.05) is 7.05 Å². The Balaban J connectivity index is 4.58. The van der Waals surface area contributed by atoms with Crippen LogP contribution in [0.4, 0.5) is 0 Å². The lowest BCUT2D eigenvalue weighted by molar-refractivity contribution is 0.570. The highest BCUT2D eigenvalue weighted by Gasteiger charge is 2.01. The van der Waals surface area contributed by atoms with E-state index >= 15 is 0 Å². The zero-order valence-corrected chi connectivity index (χ0v) is 15.1. The van der Waals surface area contributed by atoms with E-state index in [1.807, 2.05) is 13.3 Å². The van der Waals surface area contributed by atoms with Gasteiger partial charge >= 0.3 is 0 Å². The lowest BCUT2D eigenvalue weighted by Crippen LogP contribution is -2.22. The van der Waals surface area contributed by atoms with Crippen LogP contribution in [0.2, 0.25) is 0 Å². The maximum Gasteiger partial charge on any atom is 0.0348 e. The Bertz CT molecular complexity index is 339. The van der Waals surface area contributed by atoms with Crippen LogP contribution in [0.1, 0.15) is 73.1 Å². The van der Waals surface area contributed by atoms with Gasteiger partial charge in [0.1, 0.15) is 0 Å². The first-order valence-corrected chi connectivity index (χ1v) is 8.66. The third-order valence-corrected chi connectivity index (χ3v) is 4.00. The summed E-state index contributed by atoms with van der Waals surface area (Å²) >= 11 is 0. The average molecular weight is 293 g/mol. The molecule has 0 radical (unpaired) electrons. The number of hydrogen-bond acceptors (Lipinski definition) is 2. The molecule has 2 heteroatoms. The van der Waals surface area contributed by atoms with Crippen LogP contribution < -0.4 is 5.32 Å². The van der Waals surface area contributed by atoms with Gasteiger partial charge in [0.15, 0.2) is 0 Å². The number of likely N-dealkylation sites (N-methyl/N-ethyl adjacent to an activating group) is 1. The van der Waals surface area contributed by atoms with Crippen LogP contribution in [-0.2, 0) is 0 Å². The van der Waals surface area contributed by atoms with Crippen LogP contribution >= 0.6 is 0 Å². The van der Waals surface area contributed by atoms with Gasteiger partial charge in [0.05, 0.1) is 0 Å².